The molecule has 1 atom stereocenters. The number of carbonyl (C=O) groups is 1. The lowest BCUT2D eigenvalue weighted by molar-refractivity contribution is -0.134. The number of nitrogens with one attached hydrogen (secondary N) is 1. The topological polar surface area (TPSA) is 75.0 Å². The zero-order chi connectivity index (χ0) is 18.8. The molecule has 0 aliphatic carbocycles. The number of rotatable bonds is 4. The maximum absolute atomic E-state index is 13.1. The Bertz CT molecular complexity index is 943. The first-order valence-corrected chi connectivity index (χ1v) is 9.44. The summed E-state index contributed by atoms with van der Waals surface area (Å²) in [6.45, 7) is 4.71. The molecule has 6 heteroatoms. The molecule has 0 spiro atoms. The van der Waals surface area contributed by atoms with Crippen molar-refractivity contribution in [3.63, 3.8) is 0 Å². The minimum atomic E-state index is -0.0148. The Morgan fingerprint density at radius 3 is 2.96 bits per heavy atom. The Morgan fingerprint density at radius 1 is 1.30 bits per heavy atom. The average Bonchev–Trinajstić information content (AvgIpc) is 3.30. The summed E-state index contributed by atoms with van der Waals surface area (Å²) in [6, 6.07) is 10.0. The van der Waals surface area contributed by atoms with Crippen LogP contribution in [0.3, 0.4) is 0 Å². The number of amides is 1. The smallest absolute Gasteiger partial charge is 0.227 e. The predicted molar refractivity (Wildman–Crippen MR) is 102 cm³/mol. The lowest BCUT2D eigenvalue weighted by Gasteiger charge is -2.35. The third-order valence-corrected chi connectivity index (χ3v) is 5.16. The number of aromatic amines is 1. The molecule has 1 saturated heterocycles. The van der Waals surface area contributed by atoms with Crippen LogP contribution >= 0.6 is 0 Å². The molecule has 3 heterocycles. The Labute approximate surface area is 158 Å². The van der Waals surface area contributed by atoms with Gasteiger partial charge >= 0.3 is 0 Å². The first kappa shape index (κ1) is 17.5. The molecule has 27 heavy (non-hydrogen) atoms. The number of hydrogen-bond acceptors (Lipinski definition) is 4. The van der Waals surface area contributed by atoms with Gasteiger partial charge in [0.25, 0.3) is 0 Å². The van der Waals surface area contributed by atoms with E-state index in [1.165, 1.54) is 5.56 Å². The molecule has 2 aromatic heterocycles. The zero-order valence-electron chi connectivity index (χ0n) is 15.7. The lowest BCUT2D eigenvalue weighted by atomic mass is 9.95. The summed E-state index contributed by atoms with van der Waals surface area (Å²) in [5.41, 5.74) is 4.87. The van der Waals surface area contributed by atoms with E-state index < -0.39 is 0 Å². The monoisotopic (exact) mass is 364 g/mol. The van der Waals surface area contributed by atoms with Gasteiger partial charge in [-0.2, -0.15) is 5.10 Å². The van der Waals surface area contributed by atoms with Crippen molar-refractivity contribution in [1.29, 1.82) is 0 Å². The van der Waals surface area contributed by atoms with Gasteiger partial charge in [0.2, 0.25) is 5.91 Å². The van der Waals surface area contributed by atoms with Crippen LogP contribution < -0.4 is 0 Å². The Balaban J connectivity index is 1.60. The van der Waals surface area contributed by atoms with Gasteiger partial charge < -0.3 is 9.42 Å². The van der Waals surface area contributed by atoms with Gasteiger partial charge in [-0.3, -0.25) is 9.89 Å². The molecule has 0 bridgehead atoms. The number of piperidine rings is 1. The summed E-state index contributed by atoms with van der Waals surface area (Å²) in [4.78, 5) is 15.1. The third kappa shape index (κ3) is 3.65. The summed E-state index contributed by atoms with van der Waals surface area (Å²) in [5, 5.41) is 11.3. The zero-order valence-corrected chi connectivity index (χ0v) is 15.7. The van der Waals surface area contributed by atoms with E-state index in [2.05, 4.69) is 21.4 Å². The van der Waals surface area contributed by atoms with Gasteiger partial charge in [-0.15, -0.1) is 0 Å². The number of likely N-dealkylation sites (tertiary alicyclic amines) is 1. The number of H-pyrrole nitrogens is 1. The van der Waals surface area contributed by atoms with Crippen LogP contribution in [0.15, 0.2) is 41.1 Å². The van der Waals surface area contributed by atoms with Crippen molar-refractivity contribution in [3.05, 3.63) is 59.0 Å². The van der Waals surface area contributed by atoms with Crippen LogP contribution in [0.1, 0.15) is 47.8 Å². The second kappa shape index (κ2) is 7.39. The minimum Gasteiger partial charge on any atom is -0.356 e. The van der Waals surface area contributed by atoms with Crippen LogP contribution in [-0.4, -0.2) is 32.7 Å². The normalized spacial score (nSPS) is 17.3. The minimum absolute atomic E-state index is 0.0148. The summed E-state index contributed by atoms with van der Waals surface area (Å²) < 4.78 is 5.43. The molecule has 1 fully saturated rings. The van der Waals surface area contributed by atoms with E-state index in [0.29, 0.717) is 12.2 Å². The van der Waals surface area contributed by atoms with E-state index >= 15 is 0 Å². The highest BCUT2D eigenvalue weighted by Crippen LogP contribution is 2.36. The summed E-state index contributed by atoms with van der Waals surface area (Å²) >= 11 is 0. The van der Waals surface area contributed by atoms with Crippen LogP contribution in [0.5, 0.6) is 0 Å². The van der Waals surface area contributed by atoms with Gasteiger partial charge in [-0.25, -0.2) is 0 Å². The Kier molecular flexibility index (Phi) is 4.79. The Hall–Kier alpha value is -2.89. The maximum Gasteiger partial charge on any atom is 0.227 e. The number of benzene rings is 1. The number of nitrogens with zero attached hydrogens (tertiary/aromatic N) is 3. The number of hydrogen-bond donors (Lipinski definition) is 1. The van der Waals surface area contributed by atoms with Crippen molar-refractivity contribution < 1.29 is 9.32 Å². The molecule has 1 aliphatic rings. The maximum atomic E-state index is 13.1. The highest BCUT2D eigenvalue weighted by atomic mass is 16.5. The highest BCUT2D eigenvalue weighted by Gasteiger charge is 2.31. The van der Waals surface area contributed by atoms with E-state index in [1.54, 1.807) is 6.20 Å². The predicted octanol–water partition coefficient (Wildman–Crippen LogP) is 3.98. The molecular weight excluding hydrogens is 340 g/mol. The molecule has 1 amide bonds. The summed E-state index contributed by atoms with van der Waals surface area (Å²) in [5.74, 6) is 0.840. The average molecular weight is 364 g/mol. The molecule has 1 aromatic carbocycles. The second-order valence-corrected chi connectivity index (χ2v) is 7.29. The molecule has 140 valence electrons. The van der Waals surface area contributed by atoms with Crippen molar-refractivity contribution in [2.45, 2.75) is 45.6 Å². The number of aryl methyl sites for hydroxylation is 2. The molecule has 0 saturated carbocycles. The number of aromatic nitrogens is 3. The molecule has 4 rings (SSSR count). The van der Waals surface area contributed by atoms with Crippen molar-refractivity contribution in [3.8, 4) is 11.3 Å². The molecule has 1 aliphatic heterocycles. The van der Waals surface area contributed by atoms with Gasteiger partial charge in [0.1, 0.15) is 0 Å². The first-order valence-electron chi connectivity index (χ1n) is 9.44. The largest absolute Gasteiger partial charge is 0.356 e. The van der Waals surface area contributed by atoms with Crippen LogP contribution in [0.25, 0.3) is 11.3 Å². The van der Waals surface area contributed by atoms with E-state index in [4.69, 9.17) is 4.52 Å². The van der Waals surface area contributed by atoms with Crippen molar-refractivity contribution in [2.24, 2.45) is 0 Å². The molecular formula is C21H24N4O2. The van der Waals surface area contributed by atoms with Gasteiger partial charge in [0, 0.05) is 12.6 Å². The van der Waals surface area contributed by atoms with Crippen LogP contribution in [0.2, 0.25) is 0 Å². The molecule has 0 radical (unpaired) electrons. The molecule has 0 unspecified atom stereocenters. The second-order valence-electron chi connectivity index (χ2n) is 7.29. The van der Waals surface area contributed by atoms with Gasteiger partial charge in [-0.05, 0) is 38.7 Å². The lowest BCUT2D eigenvalue weighted by Crippen LogP contribution is -2.39. The molecule has 1 N–H and O–H groups in total. The number of carbonyl (C=O) groups excluding carboxylic acids is 1. The summed E-state index contributed by atoms with van der Waals surface area (Å²) in [6.07, 6.45) is 5.21. The van der Waals surface area contributed by atoms with Crippen LogP contribution in [0.4, 0.5) is 0 Å². The highest BCUT2D eigenvalue weighted by molar-refractivity contribution is 5.79. The van der Waals surface area contributed by atoms with Crippen molar-refractivity contribution in [2.75, 3.05) is 6.54 Å². The quantitative estimate of drug-likeness (QED) is 0.760. The van der Waals surface area contributed by atoms with Gasteiger partial charge in [0.15, 0.2) is 5.76 Å². The van der Waals surface area contributed by atoms with Crippen LogP contribution in [0, 0.1) is 13.8 Å². The fourth-order valence-corrected chi connectivity index (χ4v) is 3.87. The first-order chi connectivity index (χ1) is 13.1. The van der Waals surface area contributed by atoms with E-state index in [9.17, 15) is 4.79 Å². The Morgan fingerprint density at radius 2 is 2.19 bits per heavy atom. The van der Waals surface area contributed by atoms with E-state index in [0.717, 1.165) is 48.3 Å². The van der Waals surface area contributed by atoms with E-state index in [1.807, 2.05) is 43.0 Å². The van der Waals surface area contributed by atoms with Crippen LogP contribution in [-0.2, 0) is 11.2 Å². The third-order valence-electron chi connectivity index (χ3n) is 5.16. The fraction of sp³-hybridized carbons (Fsp3) is 0.381. The van der Waals surface area contributed by atoms with Crippen molar-refractivity contribution >= 4 is 5.91 Å². The fourth-order valence-electron chi connectivity index (χ4n) is 3.87. The van der Waals surface area contributed by atoms with Gasteiger partial charge in [-0.1, -0.05) is 35.0 Å². The summed E-state index contributed by atoms with van der Waals surface area (Å²) in [7, 11) is 0. The molecule has 6 nitrogen and oxygen atoms in total. The molecule has 3 aromatic rings. The van der Waals surface area contributed by atoms with Crippen molar-refractivity contribution in [1.82, 2.24) is 20.3 Å². The SMILES string of the molecule is Cc1cccc(CC(=O)N2CCCC[C@H]2c2[nH]ncc2-c2cc(C)no2)c1. The van der Waals surface area contributed by atoms with E-state index in [-0.39, 0.29) is 11.9 Å². The van der Waals surface area contributed by atoms with Gasteiger partial charge in [0.05, 0.1) is 35.6 Å². The standard InChI is InChI=1S/C21H24N4O2/c1-14-6-5-7-16(10-14)12-20(26)25-9-4-3-8-18(25)21-17(13-22-23-21)19-11-15(2)24-27-19/h5-7,10-11,13,18H,3-4,8-9,12H2,1-2H3,(H,22,23)/t18-/m0/s1.